The van der Waals surface area contributed by atoms with Crippen molar-refractivity contribution in [1.29, 1.82) is 0 Å². The molecule has 0 atom stereocenters. The minimum absolute atomic E-state index is 0. The summed E-state index contributed by atoms with van der Waals surface area (Å²) < 4.78 is 0. The third-order valence-electron chi connectivity index (χ3n) is 0. The minimum atomic E-state index is -2.17. The number of hydrogen-bond donors (Lipinski definition) is 3. The van der Waals surface area contributed by atoms with Gasteiger partial charge in [-0.1, -0.05) is 0 Å². The van der Waals surface area contributed by atoms with Gasteiger partial charge in [-0.2, -0.15) is 0 Å². The van der Waals surface area contributed by atoms with Crippen molar-refractivity contribution >= 4 is 30.4 Å². The normalized spacial score (nSPS) is 4.50. The van der Waals surface area contributed by atoms with Crippen molar-refractivity contribution in [2.24, 2.45) is 0 Å². The molecule has 3 N–H and O–H groups in total. The Hall–Kier alpha value is 2.04. The molecule has 0 bridgehead atoms. The molecule has 6 heavy (non-hydrogen) atoms. The zero-order valence-electron chi connectivity index (χ0n) is 2.98. The Morgan fingerprint density at radius 2 is 1.00 bits per heavy atom. The first-order valence-corrected chi connectivity index (χ1v) is 0.775. The first-order valence-electron chi connectivity index (χ1n) is 0.775. The van der Waals surface area contributed by atoms with Crippen LogP contribution in [0.1, 0.15) is 0 Å². The smallest absolute Gasteiger partial charge is 0.402 e. The summed E-state index contributed by atoms with van der Waals surface area (Å²) in [7, 11) is -2.17. The Kier molecular flexibility index (Phi) is 26.4. The summed E-state index contributed by atoms with van der Waals surface area (Å²) in [5, 5.41) is 21.5. The second kappa shape index (κ2) is 10.1. The average molecular weight is 243 g/mol. The Morgan fingerprint density at radius 3 is 1.00 bits per heavy atom. The van der Waals surface area contributed by atoms with Crippen molar-refractivity contribution in [3.63, 3.8) is 0 Å². The van der Waals surface area contributed by atoms with Gasteiger partial charge in [-0.3, -0.25) is 0 Å². The zero-order valence-corrected chi connectivity index (χ0v) is 6.66. The van der Waals surface area contributed by atoms with E-state index < -0.39 is 7.32 Å². The molecule has 0 rings (SSSR count). The second-order valence-electron chi connectivity index (χ2n) is 0.346. The van der Waals surface area contributed by atoms with Crippen molar-refractivity contribution in [3.8, 4) is 0 Å². The van der Waals surface area contributed by atoms with Crippen molar-refractivity contribution in [2.75, 3.05) is 0 Å². The van der Waals surface area contributed by atoms with Crippen LogP contribution in [0, 0.1) is 39.9 Å². The molecule has 0 aliphatic heterocycles. The van der Waals surface area contributed by atoms with Crippen molar-refractivity contribution in [1.82, 2.24) is 0 Å². The molecule has 2 radical (unpaired) electrons. The molecule has 3 nitrogen and oxygen atoms in total. The second-order valence-corrected chi connectivity index (χ2v) is 0.346. The van der Waals surface area contributed by atoms with Gasteiger partial charge < -0.3 is 15.1 Å². The quantitative estimate of drug-likeness (QED) is 0.415. The Balaban J connectivity index is -0.0000000450. The molecule has 6 heteroatoms. The molecule has 0 aliphatic rings. The fraction of sp³-hybridized carbons (Fsp3) is 0. The molecule has 0 spiro atoms. The van der Waals surface area contributed by atoms with Crippen LogP contribution in [0.15, 0.2) is 0 Å². The molecule has 0 aromatic carbocycles. The zero-order chi connectivity index (χ0) is 3.58. The molecule has 0 fully saturated rings. The summed E-state index contributed by atoms with van der Waals surface area (Å²) in [6, 6.07) is 0. The van der Waals surface area contributed by atoms with Crippen LogP contribution in [0.25, 0.3) is 0 Å². The molecule has 0 aromatic rings. The van der Waals surface area contributed by atoms with Crippen LogP contribution < -0.4 is 0 Å². The van der Waals surface area contributed by atoms with Crippen molar-refractivity contribution < 1.29 is 55.0 Å². The molecule has 0 saturated heterocycles. The molecule has 0 unspecified atom stereocenters. The van der Waals surface area contributed by atoms with Crippen LogP contribution in [0.4, 0.5) is 0 Å². The largest absolute Gasteiger partial charge is 0.631 e. The topological polar surface area (TPSA) is 60.7 Å². The van der Waals surface area contributed by atoms with Crippen LogP contribution in [0.3, 0.4) is 0 Å². The molecule has 0 aliphatic carbocycles. The van der Waals surface area contributed by atoms with Gasteiger partial charge in [0.15, 0.2) is 0 Å². The first kappa shape index (κ1) is 15.7. The Bertz CT molecular complexity index is 15.5. The van der Waals surface area contributed by atoms with E-state index in [1.165, 1.54) is 0 Å². The van der Waals surface area contributed by atoms with Gasteiger partial charge >= 0.3 is 7.32 Å². The third-order valence-corrected chi connectivity index (χ3v) is 0. The standard InChI is InChI=1S/BH3O3.Gd.Mg/c2-1(3)4;;/h2-4H;;. The number of rotatable bonds is 0. The van der Waals surface area contributed by atoms with E-state index in [1.54, 1.807) is 0 Å². The maximum absolute atomic E-state index is 7.17. The summed E-state index contributed by atoms with van der Waals surface area (Å²) in [6.07, 6.45) is 0. The average Bonchev–Trinajstić information content (AvgIpc) is 0.811. The first-order chi connectivity index (χ1) is 1.73. The summed E-state index contributed by atoms with van der Waals surface area (Å²) in [4.78, 5) is 0. The van der Waals surface area contributed by atoms with E-state index in [0.717, 1.165) is 0 Å². The van der Waals surface area contributed by atoms with E-state index >= 15 is 0 Å². The molecular formula is H3BGdMgO3. The Morgan fingerprint density at radius 1 is 1.00 bits per heavy atom. The van der Waals surface area contributed by atoms with Crippen LogP contribution in [0.2, 0.25) is 0 Å². The summed E-state index contributed by atoms with van der Waals surface area (Å²) in [5.41, 5.74) is 0. The van der Waals surface area contributed by atoms with Gasteiger partial charge in [0, 0.05) is 63.0 Å². The van der Waals surface area contributed by atoms with Gasteiger partial charge in [-0.25, -0.2) is 0 Å². The van der Waals surface area contributed by atoms with Gasteiger partial charge in [0.25, 0.3) is 0 Å². The van der Waals surface area contributed by atoms with E-state index in [-0.39, 0.29) is 63.0 Å². The molecule has 34 valence electrons. The van der Waals surface area contributed by atoms with Crippen molar-refractivity contribution in [3.05, 3.63) is 0 Å². The Labute approximate surface area is 84.1 Å². The van der Waals surface area contributed by atoms with Gasteiger partial charge in [0.1, 0.15) is 0 Å². The number of hydrogen-bond acceptors (Lipinski definition) is 3. The van der Waals surface area contributed by atoms with E-state index in [9.17, 15) is 0 Å². The van der Waals surface area contributed by atoms with Crippen LogP contribution in [-0.2, 0) is 0 Å². The van der Waals surface area contributed by atoms with Crippen LogP contribution in [0.5, 0.6) is 0 Å². The molecule has 0 heterocycles. The summed E-state index contributed by atoms with van der Waals surface area (Å²) >= 11 is 0. The minimum Gasteiger partial charge on any atom is -0.402 e. The van der Waals surface area contributed by atoms with E-state index in [2.05, 4.69) is 0 Å². The third kappa shape index (κ3) is 36.9. The van der Waals surface area contributed by atoms with Crippen molar-refractivity contribution in [2.45, 2.75) is 0 Å². The van der Waals surface area contributed by atoms with E-state index in [4.69, 9.17) is 15.1 Å². The predicted octanol–water partition coefficient (Wildman–Crippen LogP) is -2.43. The van der Waals surface area contributed by atoms with Gasteiger partial charge in [0.2, 0.25) is 0 Å². The maximum Gasteiger partial charge on any atom is 0.631 e. The summed E-state index contributed by atoms with van der Waals surface area (Å²) in [6.45, 7) is 0. The van der Waals surface area contributed by atoms with Crippen LogP contribution in [-0.4, -0.2) is 45.4 Å². The molecule has 0 amide bonds. The summed E-state index contributed by atoms with van der Waals surface area (Å²) in [5.74, 6) is 0. The van der Waals surface area contributed by atoms with Gasteiger partial charge in [-0.15, -0.1) is 0 Å². The van der Waals surface area contributed by atoms with E-state index in [0.29, 0.717) is 0 Å². The van der Waals surface area contributed by atoms with Crippen LogP contribution >= 0.6 is 0 Å². The molecule has 0 saturated carbocycles. The van der Waals surface area contributed by atoms with Gasteiger partial charge in [-0.05, 0) is 0 Å². The molecule has 0 aromatic heterocycles. The predicted molar refractivity (Wildman–Crippen MR) is 18.2 cm³/mol. The molecular weight excluding hydrogens is 240 g/mol. The maximum atomic E-state index is 7.17. The van der Waals surface area contributed by atoms with E-state index in [1.807, 2.05) is 0 Å². The van der Waals surface area contributed by atoms with Gasteiger partial charge in [0.05, 0.1) is 0 Å². The fourth-order valence-corrected chi connectivity index (χ4v) is 0. The SMILES string of the molecule is OB(O)O.[Gd].[Mg]. The monoisotopic (exact) mass is 244 g/mol. The fourth-order valence-electron chi connectivity index (χ4n) is 0.